The highest BCUT2D eigenvalue weighted by atomic mass is 19.1. The number of piperidine rings is 1. The summed E-state index contributed by atoms with van der Waals surface area (Å²) in [4.78, 5) is 30.6. The molecular weight excluding hydrogens is 463 g/mol. The molecule has 2 N–H and O–H groups in total. The number of halogens is 1. The summed E-state index contributed by atoms with van der Waals surface area (Å²) in [5, 5.41) is 23.4. The molecule has 3 fully saturated rings. The van der Waals surface area contributed by atoms with Crippen molar-refractivity contribution in [1.29, 1.82) is 0 Å². The fourth-order valence-corrected chi connectivity index (χ4v) is 8.25. The second kappa shape index (κ2) is 6.66. The first-order chi connectivity index (χ1) is 17.3. The van der Waals surface area contributed by atoms with Crippen LogP contribution in [0.5, 0.6) is 11.5 Å². The molecule has 2 aromatic rings. The third kappa shape index (κ3) is 2.35. The van der Waals surface area contributed by atoms with Crippen molar-refractivity contribution in [3.05, 3.63) is 58.4 Å². The van der Waals surface area contributed by atoms with Gasteiger partial charge in [0.2, 0.25) is 0 Å². The molecule has 6 aliphatic rings. The number of likely N-dealkylation sites (tertiary alicyclic amines) is 1. The number of rotatable bonds is 3. The third-order valence-electron chi connectivity index (χ3n) is 9.94. The van der Waals surface area contributed by atoms with Gasteiger partial charge in [-0.2, -0.15) is 0 Å². The van der Waals surface area contributed by atoms with Gasteiger partial charge in [0, 0.05) is 18.2 Å². The van der Waals surface area contributed by atoms with E-state index in [0.717, 1.165) is 30.3 Å². The molecule has 2 saturated carbocycles. The van der Waals surface area contributed by atoms with Crippen LogP contribution in [-0.4, -0.2) is 68.7 Å². The molecular formula is C28H27FN2O5. The molecule has 5 atom stereocenters. The molecule has 1 saturated heterocycles. The summed E-state index contributed by atoms with van der Waals surface area (Å²) >= 11 is 0. The minimum Gasteiger partial charge on any atom is -0.504 e. The van der Waals surface area contributed by atoms with E-state index in [0.29, 0.717) is 37.4 Å². The Hall–Kier alpha value is -2.97. The number of imide groups is 1. The number of benzene rings is 2. The number of amides is 2. The zero-order chi connectivity index (χ0) is 24.6. The number of aliphatic hydroxyl groups is 1. The van der Waals surface area contributed by atoms with Gasteiger partial charge in [-0.05, 0) is 80.8 Å². The van der Waals surface area contributed by atoms with E-state index in [9.17, 15) is 24.2 Å². The Morgan fingerprint density at radius 3 is 2.67 bits per heavy atom. The minimum atomic E-state index is -1.10. The van der Waals surface area contributed by atoms with Crippen LogP contribution < -0.4 is 4.74 Å². The lowest BCUT2D eigenvalue weighted by molar-refractivity contribution is -0.196. The van der Waals surface area contributed by atoms with E-state index in [2.05, 4.69) is 4.90 Å². The first-order valence-electron chi connectivity index (χ1n) is 13.0. The molecule has 2 bridgehead atoms. The molecule has 0 aromatic heterocycles. The van der Waals surface area contributed by atoms with Gasteiger partial charge in [-0.1, -0.05) is 6.07 Å². The van der Waals surface area contributed by atoms with E-state index >= 15 is 0 Å². The summed E-state index contributed by atoms with van der Waals surface area (Å²) in [6, 6.07) is 6.54. The Morgan fingerprint density at radius 1 is 1.06 bits per heavy atom. The van der Waals surface area contributed by atoms with Crippen LogP contribution in [-0.2, 0) is 11.8 Å². The number of fused-ring (bicyclic) bond motifs is 1. The van der Waals surface area contributed by atoms with E-state index in [1.165, 1.54) is 29.9 Å². The minimum absolute atomic E-state index is 0.0157. The van der Waals surface area contributed by atoms with Gasteiger partial charge in [0.05, 0.1) is 28.2 Å². The van der Waals surface area contributed by atoms with Crippen molar-refractivity contribution in [1.82, 2.24) is 9.80 Å². The largest absolute Gasteiger partial charge is 0.504 e. The van der Waals surface area contributed by atoms with Crippen LogP contribution in [0.2, 0.25) is 0 Å². The lowest BCUT2D eigenvalue weighted by atomic mass is 9.48. The highest BCUT2D eigenvalue weighted by molar-refractivity contribution is 6.21. The standard InChI is InChI=1S/C28H27FN2O5/c29-16-4-5-17-18(12-16)26(34)31(25(17)33)19-7-8-28(35)21-11-15-3-6-20(32)23-22(15)27(28,24(19)36-23)9-10-30(21)13-14-1-2-14/h3-6,12,14,19,21,24,32,35H,1-2,7-11,13H2/t19?,21-,24?,27+,28-/m1/s1. The number of phenols is 1. The maximum Gasteiger partial charge on any atom is 0.262 e. The van der Waals surface area contributed by atoms with Crippen molar-refractivity contribution in [2.24, 2.45) is 5.92 Å². The quantitative estimate of drug-likeness (QED) is 0.644. The number of hydrogen-bond donors (Lipinski definition) is 2. The Bertz CT molecular complexity index is 1370. The van der Waals surface area contributed by atoms with Crippen molar-refractivity contribution in [2.75, 3.05) is 13.1 Å². The number of carbonyl (C=O) groups is 2. The van der Waals surface area contributed by atoms with Gasteiger partial charge in [0.25, 0.3) is 11.8 Å². The lowest BCUT2D eigenvalue weighted by Gasteiger charge is -2.64. The van der Waals surface area contributed by atoms with Crippen LogP contribution in [0.1, 0.15) is 63.9 Å². The topological polar surface area (TPSA) is 90.3 Å². The number of aromatic hydroxyl groups is 1. The maximum absolute atomic E-state index is 13.9. The summed E-state index contributed by atoms with van der Waals surface area (Å²) < 4.78 is 20.4. The zero-order valence-electron chi connectivity index (χ0n) is 19.7. The van der Waals surface area contributed by atoms with Gasteiger partial charge in [-0.3, -0.25) is 19.4 Å². The second-order valence-corrected chi connectivity index (χ2v) is 11.6. The number of phenolic OH excluding ortho intramolecular Hbond substituents is 1. The summed E-state index contributed by atoms with van der Waals surface area (Å²) in [7, 11) is 0. The Labute approximate surface area is 207 Å². The lowest BCUT2D eigenvalue weighted by Crippen LogP contribution is -2.78. The predicted molar refractivity (Wildman–Crippen MR) is 125 cm³/mol. The summed E-state index contributed by atoms with van der Waals surface area (Å²) in [6.07, 6.45) is 3.88. The molecule has 2 unspecified atom stereocenters. The molecule has 8 rings (SSSR count). The van der Waals surface area contributed by atoms with E-state index in [-0.39, 0.29) is 22.9 Å². The fraction of sp³-hybridized carbons (Fsp3) is 0.500. The summed E-state index contributed by atoms with van der Waals surface area (Å²) in [5.74, 6) is -0.467. The molecule has 36 heavy (non-hydrogen) atoms. The van der Waals surface area contributed by atoms with Crippen LogP contribution in [0.4, 0.5) is 4.39 Å². The average Bonchev–Trinajstić information content (AvgIpc) is 3.55. The highest BCUT2D eigenvalue weighted by Gasteiger charge is 2.74. The molecule has 3 aliphatic carbocycles. The van der Waals surface area contributed by atoms with Crippen molar-refractivity contribution in [3.8, 4) is 11.5 Å². The highest BCUT2D eigenvalue weighted by Crippen LogP contribution is 2.66. The van der Waals surface area contributed by atoms with Gasteiger partial charge < -0.3 is 14.9 Å². The fourth-order valence-electron chi connectivity index (χ4n) is 8.25. The number of nitrogens with zero attached hydrogens (tertiary/aromatic N) is 2. The number of ether oxygens (including phenoxy) is 1. The number of hydrogen-bond acceptors (Lipinski definition) is 6. The molecule has 8 heteroatoms. The summed E-state index contributed by atoms with van der Waals surface area (Å²) in [6.45, 7) is 1.76. The second-order valence-electron chi connectivity index (χ2n) is 11.6. The Balaban J connectivity index is 1.27. The Kier molecular flexibility index (Phi) is 3.91. The molecule has 2 aromatic carbocycles. The smallest absolute Gasteiger partial charge is 0.262 e. The third-order valence-corrected chi connectivity index (χ3v) is 9.94. The average molecular weight is 491 g/mol. The van der Waals surface area contributed by atoms with Crippen molar-refractivity contribution < 1.29 is 28.9 Å². The van der Waals surface area contributed by atoms with Crippen molar-refractivity contribution in [2.45, 2.75) is 67.7 Å². The first-order valence-corrected chi connectivity index (χ1v) is 13.0. The van der Waals surface area contributed by atoms with Gasteiger partial charge >= 0.3 is 0 Å². The van der Waals surface area contributed by atoms with E-state index in [4.69, 9.17) is 4.74 Å². The molecule has 2 amide bonds. The van der Waals surface area contributed by atoms with Crippen molar-refractivity contribution in [3.63, 3.8) is 0 Å². The molecule has 0 radical (unpaired) electrons. The van der Waals surface area contributed by atoms with Crippen LogP contribution >= 0.6 is 0 Å². The van der Waals surface area contributed by atoms with Gasteiger partial charge in [-0.25, -0.2) is 4.39 Å². The van der Waals surface area contributed by atoms with Gasteiger partial charge in [0.1, 0.15) is 11.9 Å². The number of carbonyl (C=O) groups excluding carboxylic acids is 2. The normalized spacial score (nSPS) is 36.1. The molecule has 3 heterocycles. The molecule has 3 aliphatic heterocycles. The van der Waals surface area contributed by atoms with E-state index < -0.39 is 40.8 Å². The van der Waals surface area contributed by atoms with E-state index in [1.807, 2.05) is 6.07 Å². The molecule has 1 spiro atoms. The predicted octanol–water partition coefficient (Wildman–Crippen LogP) is 2.76. The molecule has 186 valence electrons. The first kappa shape index (κ1) is 21.1. The van der Waals surface area contributed by atoms with Crippen LogP contribution in [0.3, 0.4) is 0 Å². The molecule has 7 nitrogen and oxygen atoms in total. The zero-order valence-corrected chi connectivity index (χ0v) is 19.7. The van der Waals surface area contributed by atoms with Gasteiger partial charge in [-0.15, -0.1) is 0 Å². The van der Waals surface area contributed by atoms with Crippen LogP contribution in [0, 0.1) is 11.7 Å². The Morgan fingerprint density at radius 2 is 1.86 bits per heavy atom. The van der Waals surface area contributed by atoms with E-state index in [1.54, 1.807) is 6.07 Å². The maximum atomic E-state index is 13.9. The van der Waals surface area contributed by atoms with Crippen molar-refractivity contribution >= 4 is 11.8 Å². The SMILES string of the molecule is O=C1c2ccc(F)cc2C(=O)N1C1CC[C@@]2(O)[C@H]3Cc4ccc(O)c5c4[C@@]2(CCN3CC2CC2)C1O5. The van der Waals surface area contributed by atoms with Crippen LogP contribution in [0.25, 0.3) is 0 Å². The summed E-state index contributed by atoms with van der Waals surface area (Å²) in [5.41, 5.74) is 0.244. The van der Waals surface area contributed by atoms with Crippen LogP contribution in [0.15, 0.2) is 30.3 Å². The van der Waals surface area contributed by atoms with Gasteiger partial charge in [0.15, 0.2) is 11.5 Å². The monoisotopic (exact) mass is 490 g/mol.